The van der Waals surface area contributed by atoms with Crippen LogP contribution in [0.4, 0.5) is 0 Å². The van der Waals surface area contributed by atoms with Crippen LogP contribution in [-0.4, -0.2) is 20.7 Å². The summed E-state index contributed by atoms with van der Waals surface area (Å²) in [6.45, 7) is 0.497. The molecule has 0 bridgehead atoms. The lowest BCUT2D eigenvalue weighted by molar-refractivity contribution is 0.0950. The van der Waals surface area contributed by atoms with Gasteiger partial charge in [0.05, 0.1) is 11.8 Å². The van der Waals surface area contributed by atoms with E-state index in [1.54, 1.807) is 23.3 Å². The summed E-state index contributed by atoms with van der Waals surface area (Å²) in [4.78, 5) is 16.4. The molecule has 1 aromatic carbocycles. The SMILES string of the molecule is Cn1cc(-c2cncc(C(=O)NCc3ccccc3)c2)cn1. The Morgan fingerprint density at radius 2 is 1.95 bits per heavy atom. The fourth-order valence-electron chi connectivity index (χ4n) is 2.17. The second-order valence-electron chi connectivity index (χ2n) is 5.03. The number of aromatic nitrogens is 3. The lowest BCUT2D eigenvalue weighted by Gasteiger charge is -2.06. The van der Waals surface area contributed by atoms with E-state index in [0.717, 1.165) is 16.7 Å². The third-order valence-corrected chi connectivity index (χ3v) is 3.33. The number of rotatable bonds is 4. The molecule has 22 heavy (non-hydrogen) atoms. The van der Waals surface area contributed by atoms with Crippen LogP contribution < -0.4 is 5.32 Å². The Balaban J connectivity index is 1.73. The van der Waals surface area contributed by atoms with Gasteiger partial charge in [0.2, 0.25) is 0 Å². The minimum atomic E-state index is -0.137. The average Bonchev–Trinajstić information content (AvgIpc) is 3.00. The van der Waals surface area contributed by atoms with Crippen LogP contribution >= 0.6 is 0 Å². The average molecular weight is 292 g/mol. The number of nitrogens with zero attached hydrogens (tertiary/aromatic N) is 3. The molecule has 5 heteroatoms. The summed E-state index contributed by atoms with van der Waals surface area (Å²) in [7, 11) is 1.85. The molecule has 3 aromatic rings. The van der Waals surface area contributed by atoms with Crippen molar-refractivity contribution in [2.75, 3.05) is 0 Å². The van der Waals surface area contributed by atoms with Gasteiger partial charge in [-0.3, -0.25) is 14.5 Å². The van der Waals surface area contributed by atoms with Crippen LogP contribution in [0.1, 0.15) is 15.9 Å². The molecule has 0 aliphatic rings. The van der Waals surface area contributed by atoms with Gasteiger partial charge in [0.25, 0.3) is 5.91 Å². The van der Waals surface area contributed by atoms with E-state index in [-0.39, 0.29) is 5.91 Å². The summed E-state index contributed by atoms with van der Waals surface area (Å²) in [5, 5.41) is 7.03. The molecule has 0 unspecified atom stereocenters. The molecular formula is C17H16N4O. The van der Waals surface area contributed by atoms with E-state index in [2.05, 4.69) is 15.4 Å². The van der Waals surface area contributed by atoms with E-state index in [1.807, 2.05) is 49.6 Å². The first-order chi connectivity index (χ1) is 10.7. The Morgan fingerprint density at radius 3 is 2.68 bits per heavy atom. The Hall–Kier alpha value is -2.95. The molecule has 0 aliphatic carbocycles. The van der Waals surface area contributed by atoms with E-state index in [4.69, 9.17) is 0 Å². The largest absolute Gasteiger partial charge is 0.348 e. The fraction of sp³-hybridized carbons (Fsp3) is 0.118. The molecule has 3 rings (SSSR count). The maximum Gasteiger partial charge on any atom is 0.253 e. The molecule has 0 radical (unpaired) electrons. The van der Waals surface area contributed by atoms with Crippen molar-refractivity contribution in [1.82, 2.24) is 20.1 Å². The zero-order chi connectivity index (χ0) is 15.4. The van der Waals surface area contributed by atoms with E-state index in [1.165, 1.54) is 0 Å². The smallest absolute Gasteiger partial charge is 0.253 e. The van der Waals surface area contributed by atoms with E-state index in [0.29, 0.717) is 12.1 Å². The van der Waals surface area contributed by atoms with Crippen molar-refractivity contribution in [2.45, 2.75) is 6.54 Å². The van der Waals surface area contributed by atoms with Crippen molar-refractivity contribution in [3.8, 4) is 11.1 Å². The molecule has 2 heterocycles. The van der Waals surface area contributed by atoms with Crippen LogP contribution in [0.5, 0.6) is 0 Å². The van der Waals surface area contributed by atoms with Crippen molar-refractivity contribution in [3.63, 3.8) is 0 Å². The highest BCUT2D eigenvalue weighted by Crippen LogP contribution is 2.18. The third kappa shape index (κ3) is 3.20. The molecule has 0 aliphatic heterocycles. The van der Waals surface area contributed by atoms with Crippen molar-refractivity contribution >= 4 is 5.91 Å². The second-order valence-corrected chi connectivity index (χ2v) is 5.03. The first-order valence-corrected chi connectivity index (χ1v) is 6.98. The highest BCUT2D eigenvalue weighted by atomic mass is 16.1. The van der Waals surface area contributed by atoms with Gasteiger partial charge >= 0.3 is 0 Å². The number of benzene rings is 1. The summed E-state index contributed by atoms with van der Waals surface area (Å²) in [6.07, 6.45) is 6.94. The van der Waals surface area contributed by atoms with Crippen LogP contribution in [0.3, 0.4) is 0 Å². The van der Waals surface area contributed by atoms with Crippen LogP contribution in [0.2, 0.25) is 0 Å². The molecule has 5 nitrogen and oxygen atoms in total. The van der Waals surface area contributed by atoms with Crippen molar-refractivity contribution in [1.29, 1.82) is 0 Å². The van der Waals surface area contributed by atoms with E-state index >= 15 is 0 Å². The van der Waals surface area contributed by atoms with Gasteiger partial charge in [0.1, 0.15) is 0 Å². The molecule has 0 atom stereocenters. The summed E-state index contributed by atoms with van der Waals surface area (Å²) < 4.78 is 1.72. The number of nitrogens with one attached hydrogen (secondary N) is 1. The predicted molar refractivity (Wildman–Crippen MR) is 84.1 cm³/mol. The standard InChI is InChI=1S/C17H16N4O/c1-21-12-16(11-20-21)14-7-15(10-18-9-14)17(22)19-8-13-5-3-2-4-6-13/h2-7,9-12H,8H2,1H3,(H,19,22). The first kappa shape index (κ1) is 14.0. The fourth-order valence-corrected chi connectivity index (χ4v) is 2.17. The number of hydrogen-bond donors (Lipinski definition) is 1. The van der Waals surface area contributed by atoms with Gasteiger partial charge in [-0.05, 0) is 11.6 Å². The normalized spacial score (nSPS) is 10.4. The van der Waals surface area contributed by atoms with Gasteiger partial charge in [0, 0.05) is 43.3 Å². The van der Waals surface area contributed by atoms with E-state index < -0.39 is 0 Å². The van der Waals surface area contributed by atoms with Crippen molar-refractivity contribution in [2.24, 2.45) is 7.05 Å². The number of carbonyl (C=O) groups is 1. The summed E-state index contributed by atoms with van der Waals surface area (Å²) >= 11 is 0. The summed E-state index contributed by atoms with van der Waals surface area (Å²) in [5.41, 5.74) is 3.41. The second kappa shape index (κ2) is 6.22. The third-order valence-electron chi connectivity index (χ3n) is 3.33. The van der Waals surface area contributed by atoms with Gasteiger partial charge in [-0.1, -0.05) is 30.3 Å². The molecule has 2 aromatic heterocycles. The Labute approximate surface area is 128 Å². The van der Waals surface area contributed by atoms with Crippen LogP contribution in [0.25, 0.3) is 11.1 Å². The summed E-state index contributed by atoms with van der Waals surface area (Å²) in [5.74, 6) is -0.137. The lowest BCUT2D eigenvalue weighted by atomic mass is 10.1. The zero-order valence-corrected chi connectivity index (χ0v) is 12.2. The first-order valence-electron chi connectivity index (χ1n) is 6.98. The monoisotopic (exact) mass is 292 g/mol. The van der Waals surface area contributed by atoms with Gasteiger partial charge < -0.3 is 5.32 Å². The quantitative estimate of drug-likeness (QED) is 0.803. The maximum atomic E-state index is 12.2. The highest BCUT2D eigenvalue weighted by molar-refractivity contribution is 5.94. The number of amides is 1. The van der Waals surface area contributed by atoms with Crippen LogP contribution in [0.15, 0.2) is 61.2 Å². The van der Waals surface area contributed by atoms with Gasteiger partial charge in [-0.2, -0.15) is 5.10 Å². The number of pyridine rings is 1. The predicted octanol–water partition coefficient (Wildman–Crippen LogP) is 2.41. The number of aryl methyl sites for hydroxylation is 1. The van der Waals surface area contributed by atoms with Crippen molar-refractivity contribution < 1.29 is 4.79 Å². The molecule has 110 valence electrons. The Morgan fingerprint density at radius 1 is 1.14 bits per heavy atom. The molecule has 0 saturated carbocycles. The molecule has 1 amide bonds. The molecule has 0 spiro atoms. The van der Waals surface area contributed by atoms with Gasteiger partial charge in [-0.25, -0.2) is 0 Å². The zero-order valence-electron chi connectivity index (χ0n) is 12.2. The van der Waals surface area contributed by atoms with E-state index in [9.17, 15) is 4.79 Å². The van der Waals surface area contributed by atoms with Crippen LogP contribution in [-0.2, 0) is 13.6 Å². The molecule has 0 fully saturated rings. The Kier molecular flexibility index (Phi) is 3.96. The molecule has 0 saturated heterocycles. The Bertz CT molecular complexity index is 780. The lowest BCUT2D eigenvalue weighted by Crippen LogP contribution is -2.22. The van der Waals surface area contributed by atoms with Crippen molar-refractivity contribution in [3.05, 3.63) is 72.3 Å². The number of carbonyl (C=O) groups excluding carboxylic acids is 1. The minimum absolute atomic E-state index is 0.137. The molecular weight excluding hydrogens is 276 g/mol. The van der Waals surface area contributed by atoms with Gasteiger partial charge in [0.15, 0.2) is 0 Å². The number of hydrogen-bond acceptors (Lipinski definition) is 3. The maximum absolute atomic E-state index is 12.2. The van der Waals surface area contributed by atoms with Crippen LogP contribution in [0, 0.1) is 0 Å². The molecule has 1 N–H and O–H groups in total. The van der Waals surface area contributed by atoms with Gasteiger partial charge in [-0.15, -0.1) is 0 Å². The highest BCUT2D eigenvalue weighted by Gasteiger charge is 2.08. The topological polar surface area (TPSA) is 59.8 Å². The summed E-state index contributed by atoms with van der Waals surface area (Å²) in [6, 6.07) is 11.6. The minimum Gasteiger partial charge on any atom is -0.348 e.